The zero-order chi connectivity index (χ0) is 11.5. The van der Waals surface area contributed by atoms with Gasteiger partial charge in [0.15, 0.2) is 0 Å². The summed E-state index contributed by atoms with van der Waals surface area (Å²) in [4.78, 5) is 3.86. The van der Waals surface area contributed by atoms with Gasteiger partial charge in [0.2, 0.25) is 0 Å². The van der Waals surface area contributed by atoms with Gasteiger partial charge < -0.3 is 10.2 Å². The van der Waals surface area contributed by atoms with Gasteiger partial charge in [-0.2, -0.15) is 0 Å². The summed E-state index contributed by atoms with van der Waals surface area (Å²) in [5.41, 5.74) is -1.70. The Labute approximate surface area is 89.8 Å². The van der Waals surface area contributed by atoms with Gasteiger partial charge >= 0.3 is 0 Å². The van der Waals surface area contributed by atoms with Crippen LogP contribution in [0.3, 0.4) is 0 Å². The molecule has 0 saturated heterocycles. The second-order valence-corrected chi connectivity index (χ2v) is 4.12. The molecule has 0 saturated carbocycles. The number of hydrogen-bond donors (Lipinski definition) is 2. The van der Waals surface area contributed by atoms with Crippen LogP contribution >= 0.6 is 0 Å². The monoisotopic (exact) mass is 205 g/mol. The maximum atomic E-state index is 10.0. The number of aromatic nitrogens is 1. The average Bonchev–Trinajstić information content (AvgIpc) is 2.16. The Morgan fingerprint density at radius 2 is 1.60 bits per heavy atom. The lowest BCUT2D eigenvalue weighted by molar-refractivity contribution is 0.116. The van der Waals surface area contributed by atoms with Crippen molar-refractivity contribution in [1.29, 1.82) is 0 Å². The number of nitrogens with zero attached hydrogens (tertiary/aromatic N) is 1. The van der Waals surface area contributed by atoms with E-state index in [4.69, 9.17) is 0 Å². The van der Waals surface area contributed by atoms with Gasteiger partial charge in [-0.1, -0.05) is 11.8 Å². The fourth-order valence-electron chi connectivity index (χ4n) is 1.02. The standard InChI is InChI=1S/C12H15NO2/c1-11(2,14)6-7-12(3,15)10-4-8-13-9-5-10/h4-5,8-9,14-15H,1-3H3. The summed E-state index contributed by atoms with van der Waals surface area (Å²) in [6, 6.07) is 3.39. The predicted octanol–water partition coefficient (Wildman–Crippen LogP) is 1.06. The van der Waals surface area contributed by atoms with Gasteiger partial charge in [-0.05, 0) is 38.5 Å². The van der Waals surface area contributed by atoms with Crippen molar-refractivity contribution in [1.82, 2.24) is 4.98 Å². The summed E-state index contributed by atoms with van der Waals surface area (Å²) >= 11 is 0. The molecule has 0 aliphatic carbocycles. The zero-order valence-electron chi connectivity index (χ0n) is 9.15. The van der Waals surface area contributed by atoms with Crippen molar-refractivity contribution < 1.29 is 10.2 Å². The van der Waals surface area contributed by atoms with Crippen molar-refractivity contribution in [3.05, 3.63) is 30.1 Å². The quantitative estimate of drug-likeness (QED) is 0.674. The highest BCUT2D eigenvalue weighted by Crippen LogP contribution is 2.18. The molecule has 1 rings (SSSR count). The number of pyridine rings is 1. The van der Waals surface area contributed by atoms with E-state index in [0.29, 0.717) is 5.56 Å². The molecule has 0 aromatic carbocycles. The highest BCUT2D eigenvalue weighted by molar-refractivity contribution is 5.30. The maximum Gasteiger partial charge on any atom is 0.148 e. The van der Waals surface area contributed by atoms with Gasteiger partial charge in [0, 0.05) is 12.4 Å². The van der Waals surface area contributed by atoms with Crippen molar-refractivity contribution in [3.8, 4) is 11.8 Å². The Kier molecular flexibility index (Phi) is 3.13. The summed E-state index contributed by atoms with van der Waals surface area (Å²) in [5.74, 6) is 5.24. The zero-order valence-corrected chi connectivity index (χ0v) is 9.15. The molecule has 0 fully saturated rings. The maximum absolute atomic E-state index is 10.0. The van der Waals surface area contributed by atoms with Gasteiger partial charge in [0.1, 0.15) is 11.2 Å². The molecule has 0 spiro atoms. The molecule has 15 heavy (non-hydrogen) atoms. The minimum Gasteiger partial charge on any atom is -0.378 e. The van der Waals surface area contributed by atoms with Crippen LogP contribution in [0.5, 0.6) is 0 Å². The van der Waals surface area contributed by atoms with Crippen LogP contribution in [-0.4, -0.2) is 20.8 Å². The number of aliphatic hydroxyl groups is 2. The lowest BCUT2D eigenvalue weighted by atomic mass is 9.96. The van der Waals surface area contributed by atoms with E-state index in [1.807, 2.05) is 0 Å². The minimum atomic E-state index is -1.26. The molecular formula is C12H15NO2. The molecule has 1 aromatic heterocycles. The van der Waals surface area contributed by atoms with Crippen LogP contribution in [0.15, 0.2) is 24.5 Å². The van der Waals surface area contributed by atoms with Crippen molar-refractivity contribution in [2.45, 2.75) is 32.0 Å². The van der Waals surface area contributed by atoms with Crippen LogP contribution in [0.1, 0.15) is 26.3 Å². The van der Waals surface area contributed by atoms with Crippen LogP contribution in [0, 0.1) is 11.8 Å². The predicted molar refractivity (Wildman–Crippen MR) is 57.9 cm³/mol. The fourth-order valence-corrected chi connectivity index (χ4v) is 1.02. The molecule has 80 valence electrons. The van der Waals surface area contributed by atoms with Gasteiger partial charge in [0.25, 0.3) is 0 Å². The highest BCUT2D eigenvalue weighted by Gasteiger charge is 2.20. The third-order valence-corrected chi connectivity index (χ3v) is 1.85. The van der Waals surface area contributed by atoms with Crippen molar-refractivity contribution >= 4 is 0 Å². The summed E-state index contributed by atoms with van der Waals surface area (Å²) in [5, 5.41) is 19.5. The third kappa shape index (κ3) is 3.70. The van der Waals surface area contributed by atoms with Crippen LogP contribution in [0.2, 0.25) is 0 Å². The largest absolute Gasteiger partial charge is 0.378 e. The first kappa shape index (κ1) is 11.7. The smallest absolute Gasteiger partial charge is 0.148 e. The minimum absolute atomic E-state index is 0.661. The molecule has 3 heteroatoms. The molecule has 0 aliphatic rings. The summed E-state index contributed by atoms with van der Waals surface area (Å²) in [6.07, 6.45) is 3.19. The number of rotatable bonds is 1. The third-order valence-electron chi connectivity index (χ3n) is 1.85. The van der Waals surface area contributed by atoms with E-state index in [0.717, 1.165) is 0 Å². The van der Waals surface area contributed by atoms with Crippen LogP contribution in [0.25, 0.3) is 0 Å². The Bertz CT molecular complexity index is 380. The van der Waals surface area contributed by atoms with E-state index in [-0.39, 0.29) is 0 Å². The molecular weight excluding hydrogens is 190 g/mol. The Hall–Kier alpha value is -1.37. The van der Waals surface area contributed by atoms with Gasteiger partial charge in [-0.25, -0.2) is 0 Å². The Balaban J connectivity index is 2.98. The first-order valence-electron chi connectivity index (χ1n) is 4.71. The summed E-state index contributed by atoms with van der Waals surface area (Å²) in [7, 11) is 0. The average molecular weight is 205 g/mol. The molecule has 2 N–H and O–H groups in total. The topological polar surface area (TPSA) is 53.4 Å². The lowest BCUT2D eigenvalue weighted by Crippen LogP contribution is -2.22. The molecule has 1 aromatic rings. The van der Waals surface area contributed by atoms with Crippen LogP contribution in [-0.2, 0) is 5.60 Å². The molecule has 3 nitrogen and oxygen atoms in total. The molecule has 0 aliphatic heterocycles. The lowest BCUT2D eigenvalue weighted by Gasteiger charge is -2.17. The number of hydrogen-bond acceptors (Lipinski definition) is 3. The van der Waals surface area contributed by atoms with E-state index in [9.17, 15) is 10.2 Å². The molecule has 1 heterocycles. The Morgan fingerprint density at radius 3 is 2.07 bits per heavy atom. The van der Waals surface area contributed by atoms with Crippen molar-refractivity contribution in [2.75, 3.05) is 0 Å². The van der Waals surface area contributed by atoms with Gasteiger partial charge in [-0.3, -0.25) is 4.98 Å². The second kappa shape index (κ2) is 4.01. The second-order valence-electron chi connectivity index (χ2n) is 4.12. The SMILES string of the molecule is CC(C)(O)C#CC(C)(O)c1ccncc1. The van der Waals surface area contributed by atoms with Gasteiger partial charge in [-0.15, -0.1) is 0 Å². The Morgan fingerprint density at radius 1 is 1.07 bits per heavy atom. The summed E-state index contributed by atoms with van der Waals surface area (Å²) < 4.78 is 0. The fraction of sp³-hybridized carbons (Fsp3) is 0.417. The van der Waals surface area contributed by atoms with E-state index in [2.05, 4.69) is 16.8 Å². The molecule has 1 unspecified atom stereocenters. The molecule has 1 atom stereocenters. The van der Waals surface area contributed by atoms with Gasteiger partial charge in [0.05, 0.1) is 0 Å². The van der Waals surface area contributed by atoms with E-state index in [1.165, 1.54) is 0 Å². The van der Waals surface area contributed by atoms with E-state index < -0.39 is 11.2 Å². The first-order valence-corrected chi connectivity index (χ1v) is 4.71. The van der Waals surface area contributed by atoms with Crippen molar-refractivity contribution in [3.63, 3.8) is 0 Å². The molecule has 0 amide bonds. The normalized spacial score (nSPS) is 15.0. The van der Waals surface area contributed by atoms with E-state index >= 15 is 0 Å². The van der Waals surface area contributed by atoms with Crippen LogP contribution < -0.4 is 0 Å². The van der Waals surface area contributed by atoms with Crippen molar-refractivity contribution in [2.24, 2.45) is 0 Å². The van der Waals surface area contributed by atoms with Crippen LogP contribution in [0.4, 0.5) is 0 Å². The summed E-state index contributed by atoms with van der Waals surface area (Å²) in [6.45, 7) is 4.73. The first-order chi connectivity index (χ1) is 6.81. The molecule has 0 radical (unpaired) electrons. The van der Waals surface area contributed by atoms with E-state index in [1.54, 1.807) is 45.3 Å². The highest BCUT2D eigenvalue weighted by atomic mass is 16.3. The molecule has 0 bridgehead atoms.